The van der Waals surface area contributed by atoms with E-state index in [0.29, 0.717) is 0 Å². The largest absolute Gasteiger partial charge is 0.505 e. The number of hydrogen-bond acceptors (Lipinski definition) is 4. The van der Waals surface area contributed by atoms with Gasteiger partial charge < -0.3 is 9.31 Å². The van der Waals surface area contributed by atoms with E-state index in [0.717, 1.165) is 19.5 Å². The molecule has 2 aliphatic heterocycles. The predicted molar refractivity (Wildman–Crippen MR) is 84.7 cm³/mol. The Kier molecular flexibility index (Phi) is 3.52. The molecule has 1 fully saturated rings. The van der Waals surface area contributed by atoms with Crippen LogP contribution in [0.1, 0.15) is 45.1 Å². The SMILES string of the molecule is CCN1CCc2sc(B3OC(C)(C)C(C)(C)O3)cc2C1. The van der Waals surface area contributed by atoms with E-state index < -0.39 is 0 Å². The van der Waals surface area contributed by atoms with Gasteiger partial charge in [-0.25, -0.2) is 0 Å². The smallest absolute Gasteiger partial charge is 0.399 e. The van der Waals surface area contributed by atoms with E-state index in [9.17, 15) is 0 Å². The highest BCUT2D eigenvalue weighted by molar-refractivity contribution is 7.22. The molecule has 1 aromatic rings. The zero-order valence-corrected chi connectivity index (χ0v) is 14.0. The molecule has 0 atom stereocenters. The minimum Gasteiger partial charge on any atom is -0.399 e. The van der Waals surface area contributed by atoms with Crippen LogP contribution in [0.2, 0.25) is 0 Å². The van der Waals surface area contributed by atoms with Crippen LogP contribution in [0, 0.1) is 0 Å². The van der Waals surface area contributed by atoms with E-state index in [1.165, 1.54) is 21.8 Å². The predicted octanol–water partition coefficient (Wildman–Crippen LogP) is 2.43. The third kappa shape index (κ3) is 2.35. The molecule has 0 bridgehead atoms. The van der Waals surface area contributed by atoms with Crippen molar-refractivity contribution < 1.29 is 9.31 Å². The third-order valence-corrected chi connectivity index (χ3v) is 6.16. The molecule has 0 spiro atoms. The van der Waals surface area contributed by atoms with Crippen molar-refractivity contribution in [3.05, 3.63) is 16.5 Å². The van der Waals surface area contributed by atoms with Gasteiger partial charge in [-0.3, -0.25) is 4.90 Å². The Balaban J connectivity index is 1.82. The van der Waals surface area contributed by atoms with Crippen molar-refractivity contribution in [2.24, 2.45) is 0 Å². The first kappa shape index (κ1) is 14.6. The highest BCUT2D eigenvalue weighted by Gasteiger charge is 2.52. The molecular weight excluding hydrogens is 269 g/mol. The van der Waals surface area contributed by atoms with Crippen molar-refractivity contribution in [2.45, 2.75) is 58.8 Å². The van der Waals surface area contributed by atoms with Crippen LogP contribution >= 0.6 is 11.3 Å². The summed E-state index contributed by atoms with van der Waals surface area (Å²) >= 11 is 1.87. The second-order valence-corrected chi connectivity index (χ2v) is 7.97. The molecule has 0 aromatic carbocycles. The fourth-order valence-electron chi connectivity index (χ4n) is 2.76. The van der Waals surface area contributed by atoms with Crippen molar-refractivity contribution in [2.75, 3.05) is 13.1 Å². The minimum absolute atomic E-state index is 0.203. The van der Waals surface area contributed by atoms with Gasteiger partial charge in [0.05, 0.1) is 11.2 Å². The maximum atomic E-state index is 6.16. The Bertz CT molecular complexity index is 496. The molecule has 5 heteroatoms. The molecule has 0 saturated carbocycles. The molecular formula is C15H24BNO2S. The molecule has 3 heterocycles. The van der Waals surface area contributed by atoms with E-state index in [-0.39, 0.29) is 18.3 Å². The summed E-state index contributed by atoms with van der Waals surface area (Å²) < 4.78 is 13.5. The second kappa shape index (κ2) is 4.84. The Labute approximate surface area is 126 Å². The number of hydrogen-bond donors (Lipinski definition) is 0. The summed E-state index contributed by atoms with van der Waals surface area (Å²) in [5.41, 5.74) is 0.961. The molecule has 0 unspecified atom stereocenters. The first-order chi connectivity index (χ1) is 9.32. The lowest BCUT2D eigenvalue weighted by Gasteiger charge is -2.32. The fraction of sp³-hybridized carbons (Fsp3) is 0.733. The van der Waals surface area contributed by atoms with Crippen LogP contribution in [0.4, 0.5) is 0 Å². The van der Waals surface area contributed by atoms with Crippen molar-refractivity contribution in [1.29, 1.82) is 0 Å². The van der Waals surface area contributed by atoms with Crippen LogP contribution in [-0.4, -0.2) is 36.3 Å². The monoisotopic (exact) mass is 293 g/mol. The maximum Gasteiger partial charge on any atom is 0.505 e. The van der Waals surface area contributed by atoms with Crippen LogP contribution in [0.5, 0.6) is 0 Å². The highest BCUT2D eigenvalue weighted by atomic mass is 32.1. The van der Waals surface area contributed by atoms with E-state index in [4.69, 9.17) is 9.31 Å². The number of nitrogens with zero attached hydrogens (tertiary/aromatic N) is 1. The molecule has 1 aromatic heterocycles. The van der Waals surface area contributed by atoms with Crippen LogP contribution < -0.4 is 4.78 Å². The topological polar surface area (TPSA) is 21.7 Å². The zero-order chi connectivity index (χ0) is 14.5. The average molecular weight is 293 g/mol. The van der Waals surface area contributed by atoms with Crippen LogP contribution in [0.25, 0.3) is 0 Å². The normalized spacial score (nSPS) is 24.9. The Morgan fingerprint density at radius 1 is 1.25 bits per heavy atom. The lowest BCUT2D eigenvalue weighted by molar-refractivity contribution is 0.00578. The van der Waals surface area contributed by atoms with E-state index in [2.05, 4.69) is 45.6 Å². The van der Waals surface area contributed by atoms with Gasteiger partial charge in [0, 0.05) is 22.7 Å². The second-order valence-electron chi connectivity index (χ2n) is 6.80. The lowest BCUT2D eigenvalue weighted by Crippen LogP contribution is -2.41. The number of fused-ring (bicyclic) bond motifs is 1. The molecule has 0 N–H and O–H groups in total. The Hall–Kier alpha value is -0.355. The molecule has 110 valence electrons. The van der Waals surface area contributed by atoms with Crippen molar-refractivity contribution in [3.63, 3.8) is 0 Å². The van der Waals surface area contributed by atoms with Crippen molar-refractivity contribution in [1.82, 2.24) is 4.90 Å². The van der Waals surface area contributed by atoms with Gasteiger partial charge in [0.25, 0.3) is 0 Å². The van der Waals surface area contributed by atoms with Gasteiger partial charge in [-0.15, -0.1) is 11.3 Å². The summed E-state index contributed by atoms with van der Waals surface area (Å²) in [7, 11) is -0.203. The molecule has 20 heavy (non-hydrogen) atoms. The van der Waals surface area contributed by atoms with Gasteiger partial charge >= 0.3 is 7.12 Å². The first-order valence-corrected chi connectivity index (χ1v) is 8.33. The molecule has 0 aliphatic carbocycles. The highest BCUT2D eigenvalue weighted by Crippen LogP contribution is 2.37. The summed E-state index contributed by atoms with van der Waals surface area (Å²) in [5.74, 6) is 0. The number of likely N-dealkylation sites (N-methyl/N-ethyl adjacent to an activating group) is 1. The van der Waals surface area contributed by atoms with Crippen molar-refractivity contribution >= 4 is 23.2 Å². The van der Waals surface area contributed by atoms with Crippen LogP contribution in [0.3, 0.4) is 0 Å². The van der Waals surface area contributed by atoms with Crippen LogP contribution in [0.15, 0.2) is 6.07 Å². The van der Waals surface area contributed by atoms with E-state index in [1.54, 1.807) is 0 Å². The van der Waals surface area contributed by atoms with Gasteiger partial charge in [0.15, 0.2) is 0 Å². The van der Waals surface area contributed by atoms with Gasteiger partial charge in [-0.1, -0.05) is 6.92 Å². The minimum atomic E-state index is -0.252. The first-order valence-electron chi connectivity index (χ1n) is 7.52. The summed E-state index contributed by atoms with van der Waals surface area (Å²) in [6.45, 7) is 14.0. The Morgan fingerprint density at radius 2 is 1.90 bits per heavy atom. The maximum absolute atomic E-state index is 6.16. The van der Waals surface area contributed by atoms with Gasteiger partial charge in [-0.2, -0.15) is 0 Å². The van der Waals surface area contributed by atoms with Crippen molar-refractivity contribution in [3.8, 4) is 0 Å². The molecule has 3 nitrogen and oxygen atoms in total. The van der Waals surface area contributed by atoms with Gasteiger partial charge in [0.2, 0.25) is 0 Å². The quantitative estimate of drug-likeness (QED) is 0.782. The van der Waals surface area contributed by atoms with E-state index >= 15 is 0 Å². The standard InChI is InChI=1S/C15H24BNO2S/c1-6-17-8-7-12-11(10-17)9-13(20-12)16-18-14(2,3)15(4,5)19-16/h9H,6-8,10H2,1-5H3. The summed E-state index contributed by atoms with van der Waals surface area (Å²) in [4.78, 5) is 4.00. The lowest BCUT2D eigenvalue weighted by atomic mass is 9.87. The number of thiophene rings is 1. The molecule has 0 radical (unpaired) electrons. The number of rotatable bonds is 2. The fourth-order valence-corrected chi connectivity index (χ4v) is 3.89. The molecule has 3 rings (SSSR count). The average Bonchev–Trinajstić information content (AvgIpc) is 2.87. The van der Waals surface area contributed by atoms with Gasteiger partial charge in [0.1, 0.15) is 0 Å². The zero-order valence-electron chi connectivity index (χ0n) is 13.2. The van der Waals surface area contributed by atoms with Gasteiger partial charge in [-0.05, 0) is 52.3 Å². The third-order valence-electron chi connectivity index (χ3n) is 4.90. The Morgan fingerprint density at radius 3 is 2.50 bits per heavy atom. The molecule has 0 amide bonds. The molecule has 2 aliphatic rings. The summed E-state index contributed by atoms with van der Waals surface area (Å²) in [6.07, 6.45) is 1.16. The summed E-state index contributed by atoms with van der Waals surface area (Å²) in [5, 5.41) is 0. The van der Waals surface area contributed by atoms with E-state index in [1.807, 2.05) is 11.3 Å². The molecule has 1 saturated heterocycles. The van der Waals surface area contributed by atoms with Crippen LogP contribution in [-0.2, 0) is 22.3 Å². The summed E-state index contributed by atoms with van der Waals surface area (Å²) in [6, 6.07) is 2.30.